The minimum absolute atomic E-state index is 0.0998. The number of carbonyl (C=O) groups excluding carboxylic acids is 1. The molecule has 2 N–H and O–H groups in total. The van der Waals surface area contributed by atoms with Gasteiger partial charge in [-0.15, -0.1) is 0 Å². The van der Waals surface area contributed by atoms with E-state index in [4.69, 9.17) is 0 Å². The Hall–Kier alpha value is -2.02. The molecule has 22 heavy (non-hydrogen) atoms. The molecule has 0 aliphatic carbocycles. The summed E-state index contributed by atoms with van der Waals surface area (Å²) in [5.74, 6) is -2.70. The third-order valence-corrected chi connectivity index (χ3v) is 3.98. The van der Waals surface area contributed by atoms with Gasteiger partial charge in [-0.05, 0) is 18.2 Å². The number of carbonyl (C=O) groups is 1. The molecular weight excluding hydrogens is 290 g/mol. The summed E-state index contributed by atoms with van der Waals surface area (Å²) in [5.41, 5.74) is 2.18. The Balaban J connectivity index is 1.48. The quantitative estimate of drug-likeness (QED) is 0.908. The van der Waals surface area contributed by atoms with E-state index in [1.165, 1.54) is 0 Å². The standard InChI is InChI=1S/C15H18F2N4O/c16-15(17)3-6-21(7-4-15)8-5-18-14(22)11-1-2-12-13(9-11)20-10-19-12/h1-2,9-10H,3-8H2,(H,18,22)(H,19,20). The lowest BCUT2D eigenvalue weighted by Crippen LogP contribution is -2.43. The van der Waals surface area contributed by atoms with Gasteiger partial charge in [-0.2, -0.15) is 0 Å². The zero-order valence-corrected chi connectivity index (χ0v) is 12.1. The van der Waals surface area contributed by atoms with Gasteiger partial charge in [-0.25, -0.2) is 13.8 Å². The van der Waals surface area contributed by atoms with E-state index in [9.17, 15) is 13.6 Å². The molecule has 0 unspecified atom stereocenters. The van der Waals surface area contributed by atoms with Crippen LogP contribution in [0.25, 0.3) is 11.0 Å². The monoisotopic (exact) mass is 308 g/mol. The smallest absolute Gasteiger partial charge is 0.251 e. The van der Waals surface area contributed by atoms with Gasteiger partial charge in [-0.1, -0.05) is 0 Å². The Morgan fingerprint density at radius 2 is 2.14 bits per heavy atom. The topological polar surface area (TPSA) is 61.0 Å². The minimum Gasteiger partial charge on any atom is -0.351 e. The Morgan fingerprint density at radius 1 is 1.36 bits per heavy atom. The zero-order valence-electron chi connectivity index (χ0n) is 12.1. The molecule has 0 atom stereocenters. The van der Waals surface area contributed by atoms with Crippen molar-refractivity contribution >= 4 is 16.9 Å². The van der Waals surface area contributed by atoms with Crippen LogP contribution in [0.1, 0.15) is 23.2 Å². The summed E-state index contributed by atoms with van der Waals surface area (Å²) in [6.45, 7) is 1.80. The lowest BCUT2D eigenvalue weighted by molar-refractivity contribution is -0.0547. The highest BCUT2D eigenvalue weighted by atomic mass is 19.3. The number of nitrogens with zero attached hydrogens (tertiary/aromatic N) is 2. The predicted octanol–water partition coefficient (Wildman–Crippen LogP) is 2.02. The number of H-pyrrole nitrogens is 1. The number of hydrogen-bond donors (Lipinski definition) is 2. The molecule has 1 aromatic carbocycles. The molecule has 2 aromatic rings. The van der Waals surface area contributed by atoms with Crippen LogP contribution in [0.2, 0.25) is 0 Å². The number of aromatic amines is 1. The fourth-order valence-corrected chi connectivity index (χ4v) is 2.61. The van der Waals surface area contributed by atoms with Gasteiger partial charge in [0.15, 0.2) is 0 Å². The molecule has 3 rings (SSSR count). The second kappa shape index (κ2) is 6.00. The van der Waals surface area contributed by atoms with E-state index in [-0.39, 0.29) is 18.7 Å². The number of likely N-dealkylation sites (tertiary alicyclic amines) is 1. The van der Waals surface area contributed by atoms with Gasteiger partial charge in [0.1, 0.15) is 0 Å². The Kier molecular flexibility index (Phi) is 4.06. The first-order chi connectivity index (χ1) is 10.5. The molecule has 0 radical (unpaired) electrons. The highest BCUT2D eigenvalue weighted by molar-refractivity contribution is 5.97. The number of rotatable bonds is 4. The number of alkyl halides is 2. The van der Waals surface area contributed by atoms with E-state index >= 15 is 0 Å². The van der Waals surface area contributed by atoms with Gasteiger partial charge >= 0.3 is 0 Å². The molecule has 5 nitrogen and oxygen atoms in total. The summed E-state index contributed by atoms with van der Waals surface area (Å²) in [5, 5.41) is 2.82. The van der Waals surface area contributed by atoms with Crippen LogP contribution in [-0.2, 0) is 0 Å². The molecule has 1 saturated heterocycles. The molecule has 0 saturated carbocycles. The molecule has 7 heteroatoms. The van der Waals surface area contributed by atoms with Gasteiger partial charge < -0.3 is 15.2 Å². The first-order valence-electron chi connectivity index (χ1n) is 7.35. The maximum Gasteiger partial charge on any atom is 0.251 e. The van der Waals surface area contributed by atoms with Crippen molar-refractivity contribution < 1.29 is 13.6 Å². The summed E-state index contributed by atoms with van der Waals surface area (Å²) in [6, 6.07) is 5.26. The molecule has 1 aliphatic rings. The molecule has 1 aliphatic heterocycles. The van der Waals surface area contributed by atoms with Crippen LogP contribution in [0, 0.1) is 0 Å². The van der Waals surface area contributed by atoms with Crippen LogP contribution in [0.5, 0.6) is 0 Å². The van der Waals surface area contributed by atoms with Crippen molar-refractivity contribution in [2.45, 2.75) is 18.8 Å². The number of benzene rings is 1. The number of imidazole rings is 1. The number of piperidine rings is 1. The van der Waals surface area contributed by atoms with Gasteiger partial charge in [0.05, 0.1) is 17.4 Å². The molecule has 118 valence electrons. The van der Waals surface area contributed by atoms with Crippen molar-refractivity contribution in [1.29, 1.82) is 0 Å². The van der Waals surface area contributed by atoms with E-state index in [2.05, 4.69) is 15.3 Å². The van der Waals surface area contributed by atoms with E-state index in [0.717, 1.165) is 11.0 Å². The second-order valence-electron chi connectivity index (χ2n) is 5.59. The molecule has 1 aromatic heterocycles. The molecule has 1 amide bonds. The average Bonchev–Trinajstić information content (AvgIpc) is 2.96. The predicted molar refractivity (Wildman–Crippen MR) is 79.0 cm³/mol. The maximum atomic E-state index is 13.0. The fourth-order valence-electron chi connectivity index (χ4n) is 2.61. The molecule has 1 fully saturated rings. The van der Waals surface area contributed by atoms with E-state index in [1.54, 1.807) is 24.5 Å². The van der Waals surface area contributed by atoms with Crippen LogP contribution in [0.3, 0.4) is 0 Å². The molecule has 2 heterocycles. The number of fused-ring (bicyclic) bond motifs is 1. The zero-order chi connectivity index (χ0) is 15.6. The highest BCUT2D eigenvalue weighted by Crippen LogP contribution is 2.27. The Morgan fingerprint density at radius 3 is 2.91 bits per heavy atom. The maximum absolute atomic E-state index is 13.0. The summed E-state index contributed by atoms with van der Waals surface area (Å²) in [6.07, 6.45) is 1.38. The van der Waals surface area contributed by atoms with E-state index in [0.29, 0.717) is 31.7 Å². The van der Waals surface area contributed by atoms with Crippen LogP contribution in [0.15, 0.2) is 24.5 Å². The lowest BCUT2D eigenvalue weighted by atomic mass is 10.1. The normalized spacial score (nSPS) is 18.5. The van der Waals surface area contributed by atoms with Gasteiger partial charge in [0.25, 0.3) is 11.8 Å². The average molecular weight is 308 g/mol. The largest absolute Gasteiger partial charge is 0.351 e. The Labute approximate surface area is 126 Å². The van der Waals surface area contributed by atoms with Crippen molar-refractivity contribution in [3.63, 3.8) is 0 Å². The number of halogens is 2. The van der Waals surface area contributed by atoms with Gasteiger partial charge in [0, 0.05) is 44.6 Å². The molecule has 0 bridgehead atoms. The Bertz CT molecular complexity index is 660. The second-order valence-corrected chi connectivity index (χ2v) is 5.59. The number of hydrogen-bond acceptors (Lipinski definition) is 3. The van der Waals surface area contributed by atoms with Crippen molar-refractivity contribution in [2.24, 2.45) is 0 Å². The summed E-state index contributed by atoms with van der Waals surface area (Å²) < 4.78 is 26.1. The van der Waals surface area contributed by atoms with E-state index < -0.39 is 5.92 Å². The summed E-state index contributed by atoms with van der Waals surface area (Å²) in [7, 11) is 0. The van der Waals surface area contributed by atoms with Gasteiger partial charge in [-0.3, -0.25) is 4.79 Å². The summed E-state index contributed by atoms with van der Waals surface area (Å²) in [4.78, 5) is 21.1. The minimum atomic E-state index is -2.53. The first kappa shape index (κ1) is 14.9. The third kappa shape index (κ3) is 3.41. The van der Waals surface area contributed by atoms with Crippen molar-refractivity contribution in [1.82, 2.24) is 20.2 Å². The van der Waals surface area contributed by atoms with Crippen molar-refractivity contribution in [3.05, 3.63) is 30.1 Å². The highest BCUT2D eigenvalue weighted by Gasteiger charge is 2.33. The first-order valence-corrected chi connectivity index (χ1v) is 7.35. The van der Waals surface area contributed by atoms with Crippen molar-refractivity contribution in [3.8, 4) is 0 Å². The number of nitrogens with one attached hydrogen (secondary N) is 2. The fraction of sp³-hybridized carbons (Fsp3) is 0.467. The van der Waals surface area contributed by atoms with E-state index in [1.807, 2.05) is 4.90 Å². The SMILES string of the molecule is O=C(NCCN1CCC(F)(F)CC1)c1ccc2nc[nH]c2c1. The third-order valence-electron chi connectivity index (χ3n) is 3.98. The molecular formula is C15H18F2N4O. The number of aromatic nitrogens is 2. The van der Waals surface area contributed by atoms with Crippen LogP contribution in [-0.4, -0.2) is 52.9 Å². The van der Waals surface area contributed by atoms with Crippen LogP contribution in [0.4, 0.5) is 8.78 Å². The van der Waals surface area contributed by atoms with Crippen LogP contribution < -0.4 is 5.32 Å². The van der Waals surface area contributed by atoms with Gasteiger partial charge in [0.2, 0.25) is 0 Å². The van der Waals surface area contributed by atoms with Crippen LogP contribution >= 0.6 is 0 Å². The van der Waals surface area contributed by atoms with Crippen molar-refractivity contribution in [2.75, 3.05) is 26.2 Å². The number of amides is 1. The lowest BCUT2D eigenvalue weighted by Gasteiger charge is -2.31. The molecule has 0 spiro atoms. The summed E-state index contributed by atoms with van der Waals surface area (Å²) >= 11 is 0.